The number of halogens is 1. The van der Waals surface area contributed by atoms with Crippen molar-refractivity contribution in [2.45, 2.75) is 46.7 Å². The SMILES string of the molecule is CCC(C)NC(=O)c1cccc(CN=C(N)Nc2ccc(C)c(C)c2)c1.I. The third-order valence-corrected chi connectivity index (χ3v) is 4.39. The van der Waals surface area contributed by atoms with Crippen LogP contribution in [0.1, 0.15) is 47.3 Å². The van der Waals surface area contributed by atoms with Crippen LogP contribution in [0.5, 0.6) is 0 Å². The van der Waals surface area contributed by atoms with Gasteiger partial charge >= 0.3 is 0 Å². The summed E-state index contributed by atoms with van der Waals surface area (Å²) in [7, 11) is 0. The number of nitrogens with zero attached hydrogens (tertiary/aromatic N) is 1. The molecule has 0 aliphatic heterocycles. The van der Waals surface area contributed by atoms with E-state index in [2.05, 4.69) is 29.5 Å². The maximum atomic E-state index is 12.2. The van der Waals surface area contributed by atoms with Crippen LogP contribution in [0.3, 0.4) is 0 Å². The highest BCUT2D eigenvalue weighted by Crippen LogP contribution is 2.14. The summed E-state index contributed by atoms with van der Waals surface area (Å²) in [5.41, 5.74) is 10.9. The van der Waals surface area contributed by atoms with Gasteiger partial charge in [0.15, 0.2) is 5.96 Å². The Morgan fingerprint density at radius 3 is 2.56 bits per heavy atom. The van der Waals surface area contributed by atoms with Gasteiger partial charge in [0.05, 0.1) is 6.54 Å². The smallest absolute Gasteiger partial charge is 0.251 e. The van der Waals surface area contributed by atoms with Crippen LogP contribution in [-0.4, -0.2) is 17.9 Å². The fourth-order valence-corrected chi connectivity index (χ4v) is 2.40. The number of aliphatic imine (C=N–C) groups is 1. The monoisotopic (exact) mass is 480 g/mol. The van der Waals surface area contributed by atoms with E-state index in [0.717, 1.165) is 17.7 Å². The second-order valence-electron chi connectivity index (χ2n) is 6.61. The highest BCUT2D eigenvalue weighted by atomic mass is 127. The van der Waals surface area contributed by atoms with E-state index >= 15 is 0 Å². The van der Waals surface area contributed by atoms with Gasteiger partial charge in [-0.25, -0.2) is 4.99 Å². The number of carbonyl (C=O) groups is 1. The highest BCUT2D eigenvalue weighted by molar-refractivity contribution is 14.0. The Bertz CT molecular complexity index is 805. The lowest BCUT2D eigenvalue weighted by Crippen LogP contribution is -2.31. The summed E-state index contributed by atoms with van der Waals surface area (Å²) in [6, 6.07) is 13.7. The molecule has 146 valence electrons. The molecule has 5 nitrogen and oxygen atoms in total. The molecular weight excluding hydrogens is 451 g/mol. The summed E-state index contributed by atoms with van der Waals surface area (Å²) in [6.45, 7) is 8.57. The van der Waals surface area contributed by atoms with Crippen LogP contribution < -0.4 is 16.4 Å². The molecule has 0 bridgehead atoms. The standard InChI is InChI=1S/C21H28N4O.HI/c1-5-16(4)24-20(26)18-8-6-7-17(12-18)13-23-21(22)25-19-10-9-14(2)15(3)11-19;/h6-12,16H,5,13H2,1-4H3,(H,24,26)(H3,22,23,25);1H. The molecule has 0 aliphatic rings. The molecule has 0 saturated heterocycles. The lowest BCUT2D eigenvalue weighted by atomic mass is 10.1. The topological polar surface area (TPSA) is 79.5 Å². The molecule has 2 aromatic carbocycles. The second-order valence-corrected chi connectivity index (χ2v) is 6.61. The first-order valence-corrected chi connectivity index (χ1v) is 8.93. The van der Waals surface area contributed by atoms with Crippen LogP contribution in [0, 0.1) is 13.8 Å². The van der Waals surface area contributed by atoms with Gasteiger partial charge in [0.2, 0.25) is 0 Å². The van der Waals surface area contributed by atoms with Crippen molar-refractivity contribution in [3.63, 3.8) is 0 Å². The van der Waals surface area contributed by atoms with Gasteiger partial charge in [0, 0.05) is 17.3 Å². The summed E-state index contributed by atoms with van der Waals surface area (Å²) in [6.07, 6.45) is 0.899. The lowest BCUT2D eigenvalue weighted by molar-refractivity contribution is 0.0939. The maximum Gasteiger partial charge on any atom is 0.251 e. The number of aryl methyl sites for hydroxylation is 2. The summed E-state index contributed by atoms with van der Waals surface area (Å²) < 4.78 is 0. The zero-order chi connectivity index (χ0) is 19.1. The molecule has 0 spiro atoms. The molecule has 0 aromatic heterocycles. The van der Waals surface area contributed by atoms with E-state index in [-0.39, 0.29) is 35.9 Å². The molecule has 1 unspecified atom stereocenters. The average Bonchev–Trinajstić information content (AvgIpc) is 2.63. The Morgan fingerprint density at radius 2 is 1.89 bits per heavy atom. The van der Waals surface area contributed by atoms with Gasteiger partial charge in [-0.3, -0.25) is 4.79 Å². The molecule has 0 aliphatic carbocycles. The summed E-state index contributed by atoms with van der Waals surface area (Å²) >= 11 is 0. The Morgan fingerprint density at radius 1 is 1.15 bits per heavy atom. The molecular formula is C21H29IN4O. The van der Waals surface area contributed by atoms with E-state index in [0.29, 0.717) is 18.1 Å². The quantitative estimate of drug-likeness (QED) is 0.326. The normalized spacial score (nSPS) is 12.1. The van der Waals surface area contributed by atoms with E-state index in [9.17, 15) is 4.79 Å². The van der Waals surface area contributed by atoms with E-state index < -0.39 is 0 Å². The number of rotatable bonds is 6. The van der Waals surface area contributed by atoms with Gasteiger partial charge in [-0.1, -0.05) is 25.1 Å². The molecule has 0 fully saturated rings. The van der Waals surface area contributed by atoms with Crippen molar-refractivity contribution in [1.29, 1.82) is 0 Å². The number of nitrogens with two attached hydrogens (primary N) is 1. The number of hydrogen-bond donors (Lipinski definition) is 3. The number of guanidine groups is 1. The molecule has 0 saturated carbocycles. The van der Waals surface area contributed by atoms with E-state index in [1.165, 1.54) is 11.1 Å². The van der Waals surface area contributed by atoms with Crippen LogP contribution in [0.15, 0.2) is 47.5 Å². The van der Waals surface area contributed by atoms with Gasteiger partial charge in [0.1, 0.15) is 0 Å². The minimum Gasteiger partial charge on any atom is -0.370 e. The van der Waals surface area contributed by atoms with Crippen molar-refractivity contribution in [2.75, 3.05) is 5.32 Å². The molecule has 0 radical (unpaired) electrons. The van der Waals surface area contributed by atoms with Crippen molar-refractivity contribution >= 4 is 41.5 Å². The minimum absolute atomic E-state index is 0. The minimum atomic E-state index is -0.0635. The van der Waals surface area contributed by atoms with Gasteiger partial charge in [-0.2, -0.15) is 0 Å². The zero-order valence-corrected chi connectivity index (χ0v) is 18.7. The largest absolute Gasteiger partial charge is 0.370 e. The van der Waals surface area contributed by atoms with Gasteiger partial charge in [0.25, 0.3) is 5.91 Å². The van der Waals surface area contributed by atoms with Crippen molar-refractivity contribution in [3.05, 3.63) is 64.7 Å². The fourth-order valence-electron chi connectivity index (χ4n) is 2.40. The molecule has 1 atom stereocenters. The number of anilines is 1. The first-order valence-electron chi connectivity index (χ1n) is 8.93. The van der Waals surface area contributed by atoms with Crippen LogP contribution >= 0.6 is 24.0 Å². The van der Waals surface area contributed by atoms with E-state index in [1.54, 1.807) is 0 Å². The molecule has 6 heteroatoms. The predicted octanol–water partition coefficient (Wildman–Crippen LogP) is 4.38. The molecule has 2 rings (SSSR count). The number of hydrogen-bond acceptors (Lipinski definition) is 2. The molecule has 0 heterocycles. The van der Waals surface area contributed by atoms with Crippen molar-refractivity contribution in [3.8, 4) is 0 Å². The van der Waals surface area contributed by atoms with Crippen LogP contribution in [0.25, 0.3) is 0 Å². The van der Waals surface area contributed by atoms with E-state index in [1.807, 2.05) is 56.3 Å². The third kappa shape index (κ3) is 7.21. The Hall–Kier alpha value is -2.09. The molecule has 27 heavy (non-hydrogen) atoms. The summed E-state index contributed by atoms with van der Waals surface area (Å²) in [5.74, 6) is 0.286. The third-order valence-electron chi connectivity index (χ3n) is 4.39. The predicted molar refractivity (Wildman–Crippen MR) is 124 cm³/mol. The fraction of sp³-hybridized carbons (Fsp3) is 0.333. The molecule has 2 aromatic rings. The van der Waals surface area contributed by atoms with Crippen LogP contribution in [-0.2, 0) is 6.54 Å². The average molecular weight is 480 g/mol. The van der Waals surface area contributed by atoms with Crippen LogP contribution in [0.2, 0.25) is 0 Å². The second kappa shape index (κ2) is 10.9. The van der Waals surface area contributed by atoms with Crippen molar-refractivity contribution < 1.29 is 4.79 Å². The van der Waals surface area contributed by atoms with Gasteiger partial charge < -0.3 is 16.4 Å². The lowest BCUT2D eigenvalue weighted by Gasteiger charge is -2.12. The van der Waals surface area contributed by atoms with E-state index in [4.69, 9.17) is 5.73 Å². The summed E-state index contributed by atoms with van der Waals surface area (Å²) in [5, 5.41) is 6.07. The van der Waals surface area contributed by atoms with Crippen molar-refractivity contribution in [2.24, 2.45) is 10.7 Å². The number of carbonyl (C=O) groups excluding carboxylic acids is 1. The number of amides is 1. The Balaban J connectivity index is 0.00000364. The Kier molecular flexibility index (Phi) is 9.28. The zero-order valence-electron chi connectivity index (χ0n) is 16.4. The van der Waals surface area contributed by atoms with Gasteiger partial charge in [-0.05, 0) is 68.1 Å². The first kappa shape index (κ1) is 23.0. The Labute approximate surface area is 178 Å². The number of nitrogens with one attached hydrogen (secondary N) is 2. The molecule has 1 amide bonds. The maximum absolute atomic E-state index is 12.2. The van der Waals surface area contributed by atoms with Gasteiger partial charge in [-0.15, -0.1) is 24.0 Å². The first-order chi connectivity index (χ1) is 12.4. The highest BCUT2D eigenvalue weighted by Gasteiger charge is 2.08. The molecule has 4 N–H and O–H groups in total. The van der Waals surface area contributed by atoms with Crippen molar-refractivity contribution in [1.82, 2.24) is 5.32 Å². The summed E-state index contributed by atoms with van der Waals surface area (Å²) in [4.78, 5) is 16.6. The van der Waals surface area contributed by atoms with Crippen LogP contribution in [0.4, 0.5) is 5.69 Å². The number of benzene rings is 2.